The van der Waals surface area contributed by atoms with Gasteiger partial charge in [-0.2, -0.15) is 10.1 Å². The van der Waals surface area contributed by atoms with Crippen molar-refractivity contribution in [3.05, 3.63) is 87.1 Å². The molecule has 2 heterocycles. The fraction of sp³-hybridized carbons (Fsp3) is 0.0476. The van der Waals surface area contributed by atoms with Crippen LogP contribution in [-0.2, 0) is 4.79 Å². The quantitative estimate of drug-likeness (QED) is 0.333. The molecule has 0 aliphatic carbocycles. The van der Waals surface area contributed by atoms with Gasteiger partial charge in [0.05, 0.1) is 32.5 Å². The maximum Gasteiger partial charge on any atom is 0.280 e. The van der Waals surface area contributed by atoms with Gasteiger partial charge in [0.2, 0.25) is 0 Å². The Hall–Kier alpha value is -3.71. The molecule has 0 atom stereocenters. The molecule has 8 heteroatoms. The molecule has 1 amide bonds. The Balaban J connectivity index is 1.67. The van der Waals surface area contributed by atoms with Crippen molar-refractivity contribution < 1.29 is 14.1 Å². The number of nitrogens with zero attached hydrogens (tertiary/aromatic N) is 3. The lowest BCUT2D eigenvalue weighted by Gasteiger charge is -2.12. The number of hydrogen-bond donors (Lipinski definition) is 0. The Morgan fingerprint density at radius 1 is 1.10 bits per heavy atom. The topological polar surface area (TPSA) is 89.0 Å². The highest BCUT2D eigenvalue weighted by atomic mass is 35.5. The first-order valence-corrected chi connectivity index (χ1v) is 9.03. The van der Waals surface area contributed by atoms with Crippen molar-refractivity contribution in [2.75, 3.05) is 5.01 Å². The summed E-state index contributed by atoms with van der Waals surface area (Å²) in [5.74, 6) is 0.392. The molecule has 2 aromatic carbocycles. The van der Waals surface area contributed by atoms with Crippen LogP contribution < -0.4 is 5.01 Å². The first-order chi connectivity index (χ1) is 14.0. The smallest absolute Gasteiger partial charge is 0.280 e. The minimum atomic E-state index is -0.464. The van der Waals surface area contributed by atoms with Crippen LogP contribution in [0.5, 0.6) is 0 Å². The monoisotopic (exact) mass is 407 g/mol. The van der Waals surface area contributed by atoms with E-state index < -0.39 is 4.92 Å². The summed E-state index contributed by atoms with van der Waals surface area (Å²) < 4.78 is 5.75. The van der Waals surface area contributed by atoms with Gasteiger partial charge >= 0.3 is 0 Å². The molecule has 3 aromatic rings. The number of halogens is 1. The van der Waals surface area contributed by atoms with E-state index >= 15 is 0 Å². The number of nitro groups is 1. The van der Waals surface area contributed by atoms with Crippen LogP contribution in [0.25, 0.3) is 17.4 Å². The molecule has 4 rings (SSSR count). The molecule has 0 fully saturated rings. The lowest BCUT2D eigenvalue weighted by molar-refractivity contribution is -0.384. The Kier molecular flexibility index (Phi) is 4.74. The fourth-order valence-electron chi connectivity index (χ4n) is 3.03. The van der Waals surface area contributed by atoms with E-state index in [-0.39, 0.29) is 11.6 Å². The van der Waals surface area contributed by atoms with E-state index in [0.717, 1.165) is 0 Å². The first kappa shape index (κ1) is 18.6. The molecule has 0 radical (unpaired) electrons. The van der Waals surface area contributed by atoms with Gasteiger partial charge in [-0.05, 0) is 43.3 Å². The van der Waals surface area contributed by atoms with Crippen LogP contribution >= 0.6 is 11.6 Å². The number of hydrogen-bond acceptors (Lipinski definition) is 5. The maximum absolute atomic E-state index is 12.8. The van der Waals surface area contributed by atoms with Gasteiger partial charge in [-0.25, -0.2) is 0 Å². The van der Waals surface area contributed by atoms with Crippen molar-refractivity contribution in [3.63, 3.8) is 0 Å². The van der Waals surface area contributed by atoms with Crippen molar-refractivity contribution in [3.8, 4) is 11.3 Å². The fourth-order valence-corrected chi connectivity index (χ4v) is 3.25. The zero-order valence-electron chi connectivity index (χ0n) is 15.2. The number of carbonyl (C=O) groups is 1. The van der Waals surface area contributed by atoms with Crippen LogP contribution in [0, 0.1) is 10.1 Å². The van der Waals surface area contributed by atoms with Crippen LogP contribution in [0.15, 0.2) is 75.8 Å². The number of carbonyl (C=O) groups excluding carboxylic acids is 1. The summed E-state index contributed by atoms with van der Waals surface area (Å²) in [6, 6.07) is 16.5. The molecule has 1 aliphatic heterocycles. The number of furan rings is 1. The Morgan fingerprint density at radius 3 is 2.59 bits per heavy atom. The Morgan fingerprint density at radius 2 is 1.83 bits per heavy atom. The summed E-state index contributed by atoms with van der Waals surface area (Å²) in [6.07, 6.45) is 1.57. The average Bonchev–Trinajstić information content (AvgIpc) is 3.28. The minimum absolute atomic E-state index is 0.0550. The summed E-state index contributed by atoms with van der Waals surface area (Å²) in [6.45, 7) is 1.71. The van der Waals surface area contributed by atoms with Gasteiger partial charge in [-0.15, -0.1) is 0 Å². The predicted octanol–water partition coefficient (Wildman–Crippen LogP) is 5.31. The minimum Gasteiger partial charge on any atom is -0.456 e. The van der Waals surface area contributed by atoms with Crippen molar-refractivity contribution >= 4 is 40.7 Å². The number of rotatable bonds is 4. The Labute approximate surface area is 170 Å². The van der Waals surface area contributed by atoms with Crippen LogP contribution in [-0.4, -0.2) is 16.5 Å². The highest BCUT2D eigenvalue weighted by Gasteiger charge is 2.30. The number of hydrazone groups is 1. The summed E-state index contributed by atoms with van der Waals surface area (Å²) in [4.78, 5) is 23.6. The molecular weight excluding hydrogens is 394 g/mol. The normalized spacial score (nSPS) is 15.1. The van der Waals surface area contributed by atoms with E-state index in [4.69, 9.17) is 16.0 Å². The van der Waals surface area contributed by atoms with Crippen molar-refractivity contribution in [2.45, 2.75) is 6.92 Å². The second kappa shape index (κ2) is 7.37. The van der Waals surface area contributed by atoms with Crippen molar-refractivity contribution in [2.24, 2.45) is 5.10 Å². The van der Waals surface area contributed by atoms with Gasteiger partial charge in [0.25, 0.3) is 11.6 Å². The molecular formula is C21H14ClN3O4. The molecule has 0 bridgehead atoms. The van der Waals surface area contributed by atoms with Gasteiger partial charge < -0.3 is 4.42 Å². The average molecular weight is 408 g/mol. The molecule has 1 aliphatic rings. The van der Waals surface area contributed by atoms with E-state index in [1.54, 1.807) is 67.6 Å². The molecule has 0 spiro atoms. The first-order valence-electron chi connectivity index (χ1n) is 8.65. The van der Waals surface area contributed by atoms with Crippen LogP contribution in [0.4, 0.5) is 11.4 Å². The van der Waals surface area contributed by atoms with E-state index in [1.165, 1.54) is 11.1 Å². The second-order valence-corrected chi connectivity index (χ2v) is 6.70. The molecule has 7 nitrogen and oxygen atoms in total. The molecule has 144 valence electrons. The highest BCUT2D eigenvalue weighted by molar-refractivity contribution is 6.36. The summed E-state index contributed by atoms with van der Waals surface area (Å²) >= 11 is 6.18. The summed E-state index contributed by atoms with van der Waals surface area (Å²) in [5, 5.41) is 17.2. The van der Waals surface area contributed by atoms with Crippen LogP contribution in [0.3, 0.4) is 0 Å². The number of benzene rings is 2. The molecule has 0 saturated carbocycles. The van der Waals surface area contributed by atoms with Crippen LogP contribution in [0.1, 0.15) is 12.7 Å². The third kappa shape index (κ3) is 3.43. The largest absolute Gasteiger partial charge is 0.456 e. The predicted molar refractivity (Wildman–Crippen MR) is 111 cm³/mol. The number of anilines is 1. The van der Waals surface area contributed by atoms with E-state index in [2.05, 4.69) is 5.10 Å². The van der Waals surface area contributed by atoms with Gasteiger partial charge in [0, 0.05) is 6.07 Å². The van der Waals surface area contributed by atoms with Gasteiger partial charge in [-0.3, -0.25) is 14.9 Å². The molecule has 29 heavy (non-hydrogen) atoms. The highest BCUT2D eigenvalue weighted by Crippen LogP contribution is 2.33. The molecule has 0 N–H and O–H groups in total. The van der Waals surface area contributed by atoms with Crippen molar-refractivity contribution in [1.29, 1.82) is 0 Å². The Bertz CT molecular complexity index is 1200. The lowest BCUT2D eigenvalue weighted by Crippen LogP contribution is -2.21. The molecule has 0 saturated heterocycles. The molecule has 1 aromatic heterocycles. The van der Waals surface area contributed by atoms with E-state index in [9.17, 15) is 14.9 Å². The maximum atomic E-state index is 12.8. The number of nitro benzene ring substituents is 1. The zero-order valence-corrected chi connectivity index (χ0v) is 16.0. The lowest BCUT2D eigenvalue weighted by atomic mass is 10.1. The summed E-state index contributed by atoms with van der Waals surface area (Å²) in [5.41, 5.74) is 1.66. The number of para-hydroxylation sites is 2. The van der Waals surface area contributed by atoms with Gasteiger partial charge in [-0.1, -0.05) is 35.9 Å². The standard InChI is InChI=1S/C21H14ClN3O4/c1-13-16(21(26)24(23-13)19-9-5-3-7-17(19)22)12-14-10-11-20(29-14)15-6-2-4-8-18(15)25(27)28/h2-12H,1H3/b16-12-. The zero-order chi connectivity index (χ0) is 20.5. The van der Waals surface area contributed by atoms with Crippen molar-refractivity contribution in [1.82, 2.24) is 0 Å². The summed E-state index contributed by atoms with van der Waals surface area (Å²) in [7, 11) is 0. The SMILES string of the molecule is CC1=NN(c2ccccc2Cl)C(=O)/C1=C\c1ccc(-c2ccccc2[N+](=O)[O-])o1. The van der Waals surface area contributed by atoms with Gasteiger partial charge in [0.15, 0.2) is 0 Å². The molecule has 0 unspecified atom stereocenters. The van der Waals surface area contributed by atoms with E-state index in [1.807, 2.05) is 0 Å². The van der Waals surface area contributed by atoms with Gasteiger partial charge in [0.1, 0.15) is 11.5 Å². The van der Waals surface area contributed by atoms with Crippen LogP contribution in [0.2, 0.25) is 5.02 Å². The third-order valence-corrected chi connectivity index (χ3v) is 4.74. The second-order valence-electron chi connectivity index (χ2n) is 6.29. The third-order valence-electron chi connectivity index (χ3n) is 4.42. The number of amides is 1. The van der Waals surface area contributed by atoms with E-state index in [0.29, 0.717) is 39.1 Å².